The van der Waals surface area contributed by atoms with Crippen LogP contribution in [0.15, 0.2) is 67.4 Å². The van der Waals surface area contributed by atoms with Gasteiger partial charge in [-0.05, 0) is 42.5 Å². The van der Waals surface area contributed by atoms with Crippen molar-refractivity contribution in [3.8, 4) is 0 Å². The first-order valence-corrected chi connectivity index (χ1v) is 11.3. The van der Waals surface area contributed by atoms with E-state index in [-0.39, 0.29) is 22.6 Å². The number of carbonyl (C=O) groups is 2. The molecule has 2 aromatic heterocycles. The summed E-state index contributed by atoms with van der Waals surface area (Å²) in [6, 6.07) is 10.7. The second-order valence-electron chi connectivity index (χ2n) is 6.66. The van der Waals surface area contributed by atoms with Gasteiger partial charge >= 0.3 is 4.87 Å². The van der Waals surface area contributed by atoms with Gasteiger partial charge in [-0.2, -0.15) is 0 Å². The van der Waals surface area contributed by atoms with E-state index in [2.05, 4.69) is 20.9 Å². The van der Waals surface area contributed by atoms with Crippen LogP contribution < -0.4 is 9.77 Å². The minimum atomic E-state index is -0.588. The molecule has 0 spiro atoms. The number of benzene rings is 1. The number of furan rings is 1. The molecule has 1 saturated heterocycles. The van der Waals surface area contributed by atoms with Gasteiger partial charge in [-0.15, -0.1) is 0 Å². The van der Waals surface area contributed by atoms with Crippen LogP contribution in [0, 0.1) is 5.92 Å². The molecule has 1 N–H and O–H groups in total. The van der Waals surface area contributed by atoms with E-state index in [9.17, 15) is 14.4 Å². The first kappa shape index (κ1) is 18.7. The average molecular weight is 489 g/mol. The summed E-state index contributed by atoms with van der Waals surface area (Å²) in [6.07, 6.45) is 5.21. The summed E-state index contributed by atoms with van der Waals surface area (Å²) >= 11 is 5.72. The van der Waals surface area contributed by atoms with Crippen LogP contribution in [0.25, 0.3) is 6.08 Å². The highest BCUT2D eigenvalue weighted by atomic mass is 79.9. The zero-order chi connectivity index (χ0) is 20.1. The number of aromatic amines is 1. The van der Waals surface area contributed by atoms with E-state index in [0.29, 0.717) is 16.5 Å². The van der Waals surface area contributed by atoms with Gasteiger partial charge in [0, 0.05) is 15.3 Å². The van der Waals surface area contributed by atoms with Crippen LogP contribution >= 0.6 is 39.0 Å². The van der Waals surface area contributed by atoms with Crippen LogP contribution in [0.4, 0.5) is 5.69 Å². The Bertz CT molecular complexity index is 1180. The number of aromatic nitrogens is 1. The summed E-state index contributed by atoms with van der Waals surface area (Å²) in [5.74, 6) is -0.842. The minimum absolute atomic E-state index is 0.191. The number of thioether (sulfide) groups is 1. The Morgan fingerprint density at radius 1 is 1.10 bits per heavy atom. The van der Waals surface area contributed by atoms with E-state index < -0.39 is 11.2 Å². The molecule has 2 aliphatic rings. The van der Waals surface area contributed by atoms with Crippen LogP contribution in [0.5, 0.6) is 0 Å². The Labute approximate surface area is 181 Å². The smallest absolute Gasteiger partial charge is 0.305 e. The predicted octanol–water partition coefficient (Wildman–Crippen LogP) is 4.25. The molecular weight excluding hydrogens is 476 g/mol. The van der Waals surface area contributed by atoms with E-state index in [1.807, 2.05) is 12.1 Å². The Morgan fingerprint density at radius 2 is 1.90 bits per heavy atom. The van der Waals surface area contributed by atoms with Crippen molar-refractivity contribution >= 4 is 62.6 Å². The van der Waals surface area contributed by atoms with Gasteiger partial charge in [-0.1, -0.05) is 45.1 Å². The molecule has 29 heavy (non-hydrogen) atoms. The number of amides is 2. The average Bonchev–Trinajstić information content (AvgIpc) is 3.40. The molecule has 4 heterocycles. The molecule has 1 aromatic carbocycles. The van der Waals surface area contributed by atoms with Crippen LogP contribution in [0.3, 0.4) is 0 Å². The number of allylic oxidation sites excluding steroid dienone is 1. The lowest BCUT2D eigenvalue weighted by Crippen LogP contribution is -2.31. The third-order valence-electron chi connectivity index (χ3n) is 4.97. The largest absolute Gasteiger partial charge is 0.465 e. The molecule has 1 fully saturated rings. The van der Waals surface area contributed by atoms with Crippen molar-refractivity contribution in [3.63, 3.8) is 0 Å². The summed E-state index contributed by atoms with van der Waals surface area (Å²) in [7, 11) is 0. The number of halogens is 1. The molecule has 5 rings (SSSR count). The number of thiazole rings is 1. The Morgan fingerprint density at radius 3 is 2.62 bits per heavy atom. The van der Waals surface area contributed by atoms with Crippen molar-refractivity contribution in [2.24, 2.45) is 5.92 Å². The topological polar surface area (TPSA) is 83.4 Å². The highest BCUT2D eigenvalue weighted by molar-refractivity contribution is 9.10. The highest BCUT2D eigenvalue weighted by Gasteiger charge is 2.55. The quantitative estimate of drug-likeness (QED) is 0.557. The zero-order valence-corrected chi connectivity index (χ0v) is 17.9. The standard InChI is InChI=1S/C20H13BrN2O4S2/c21-10-3-5-11(6-4-10)23-18(24)14-13(8-7-12-2-1-9-27-12)15-17(22-20(26)29-15)28-16(14)19(23)25/h1-9,13-14,16H,(H,22,26)/b8-7+/t13-,14+,16-/m1/s1. The number of hydrogen-bond acceptors (Lipinski definition) is 6. The van der Waals surface area contributed by atoms with Crippen LogP contribution in [-0.4, -0.2) is 22.0 Å². The molecule has 0 unspecified atom stereocenters. The first-order chi connectivity index (χ1) is 14.0. The van der Waals surface area contributed by atoms with Gasteiger partial charge in [0.15, 0.2) is 0 Å². The van der Waals surface area contributed by atoms with Gasteiger partial charge in [0.2, 0.25) is 11.8 Å². The van der Waals surface area contributed by atoms with Gasteiger partial charge in [-0.25, -0.2) is 4.90 Å². The number of anilines is 1. The molecule has 2 aliphatic heterocycles. The van der Waals surface area contributed by atoms with Crippen LogP contribution in [0.2, 0.25) is 0 Å². The molecule has 0 aliphatic carbocycles. The van der Waals surface area contributed by atoms with Crippen molar-refractivity contribution < 1.29 is 14.0 Å². The molecule has 3 aromatic rings. The maximum absolute atomic E-state index is 13.4. The van der Waals surface area contributed by atoms with E-state index in [4.69, 9.17) is 4.42 Å². The van der Waals surface area contributed by atoms with Gasteiger partial charge < -0.3 is 9.40 Å². The Hall–Kier alpha value is -2.36. The minimum Gasteiger partial charge on any atom is -0.465 e. The SMILES string of the molecule is O=C1[C@@H]2[C@@H](Sc3[nH]c(=O)sc3[C@@H]2/C=C/c2ccco2)C(=O)N1c1ccc(Br)cc1. The van der Waals surface area contributed by atoms with Gasteiger partial charge in [0.1, 0.15) is 11.0 Å². The lowest BCUT2D eigenvalue weighted by molar-refractivity contribution is -0.122. The lowest BCUT2D eigenvalue weighted by atomic mass is 9.88. The highest BCUT2D eigenvalue weighted by Crippen LogP contribution is 2.51. The molecule has 3 atom stereocenters. The third kappa shape index (κ3) is 3.13. The van der Waals surface area contributed by atoms with Gasteiger partial charge in [0.05, 0.1) is 22.9 Å². The second kappa shape index (κ2) is 7.16. The van der Waals surface area contributed by atoms with Crippen LogP contribution in [0.1, 0.15) is 16.6 Å². The maximum Gasteiger partial charge on any atom is 0.305 e. The number of imide groups is 1. The molecular formula is C20H13BrN2O4S2. The van der Waals surface area contributed by atoms with Crippen molar-refractivity contribution in [2.45, 2.75) is 16.2 Å². The van der Waals surface area contributed by atoms with Gasteiger partial charge in [-0.3, -0.25) is 14.4 Å². The monoisotopic (exact) mass is 488 g/mol. The number of hydrogen-bond donors (Lipinski definition) is 1. The lowest BCUT2D eigenvalue weighted by Gasteiger charge is -2.27. The molecule has 146 valence electrons. The molecule has 2 amide bonds. The number of nitrogens with one attached hydrogen (secondary N) is 1. The molecule has 9 heteroatoms. The first-order valence-electron chi connectivity index (χ1n) is 8.77. The summed E-state index contributed by atoms with van der Waals surface area (Å²) in [4.78, 5) is 43.2. The number of carbonyl (C=O) groups excluding carboxylic acids is 2. The molecule has 6 nitrogen and oxygen atoms in total. The normalized spacial score (nSPS) is 23.6. The van der Waals surface area contributed by atoms with Gasteiger partial charge in [0.25, 0.3) is 0 Å². The van der Waals surface area contributed by atoms with E-state index in [1.54, 1.807) is 42.7 Å². The van der Waals surface area contributed by atoms with Crippen molar-refractivity contribution in [2.75, 3.05) is 4.90 Å². The fourth-order valence-corrected chi connectivity index (χ4v) is 6.45. The summed E-state index contributed by atoms with van der Waals surface area (Å²) in [6.45, 7) is 0. The fourth-order valence-electron chi connectivity index (χ4n) is 3.69. The number of nitrogens with zero attached hydrogens (tertiary/aromatic N) is 1. The number of H-pyrrole nitrogens is 1. The van der Waals surface area contributed by atoms with Crippen molar-refractivity contribution in [1.29, 1.82) is 0 Å². The van der Waals surface area contributed by atoms with E-state index in [0.717, 1.165) is 20.7 Å². The predicted molar refractivity (Wildman–Crippen MR) is 115 cm³/mol. The van der Waals surface area contributed by atoms with E-state index >= 15 is 0 Å². The fraction of sp³-hybridized carbons (Fsp3) is 0.150. The zero-order valence-electron chi connectivity index (χ0n) is 14.7. The van der Waals surface area contributed by atoms with Crippen molar-refractivity contribution in [1.82, 2.24) is 4.98 Å². The number of rotatable bonds is 3. The molecule has 0 bridgehead atoms. The summed E-state index contributed by atoms with van der Waals surface area (Å²) in [5, 5.41) is 0.0734. The van der Waals surface area contributed by atoms with Crippen LogP contribution in [-0.2, 0) is 9.59 Å². The maximum atomic E-state index is 13.4. The summed E-state index contributed by atoms with van der Waals surface area (Å²) < 4.78 is 6.22. The molecule has 0 saturated carbocycles. The van der Waals surface area contributed by atoms with Crippen molar-refractivity contribution in [3.05, 3.63) is 73.5 Å². The van der Waals surface area contributed by atoms with E-state index in [1.165, 1.54) is 16.7 Å². The molecule has 0 radical (unpaired) electrons. The Kier molecular flexibility index (Phi) is 4.60. The number of fused-ring (bicyclic) bond motifs is 2. The Balaban J connectivity index is 1.58. The third-order valence-corrected chi connectivity index (χ3v) is 7.92. The summed E-state index contributed by atoms with van der Waals surface area (Å²) in [5.41, 5.74) is 0.545. The second-order valence-corrected chi connectivity index (χ2v) is 9.74.